The highest BCUT2D eigenvalue weighted by molar-refractivity contribution is 9.10. The second-order valence-electron chi connectivity index (χ2n) is 3.80. The van der Waals surface area contributed by atoms with Gasteiger partial charge in [0.25, 0.3) is 0 Å². The van der Waals surface area contributed by atoms with Crippen molar-refractivity contribution < 1.29 is 17.9 Å². The van der Waals surface area contributed by atoms with Gasteiger partial charge in [-0.15, -0.1) is 0 Å². The van der Waals surface area contributed by atoms with E-state index in [0.717, 1.165) is 10.0 Å². The lowest BCUT2D eigenvalue weighted by atomic mass is 10.1. The fourth-order valence-electron chi connectivity index (χ4n) is 1.50. The maximum absolute atomic E-state index is 12.1. The molecule has 0 bridgehead atoms. The van der Waals surface area contributed by atoms with Crippen molar-refractivity contribution in [1.82, 2.24) is 5.32 Å². The summed E-state index contributed by atoms with van der Waals surface area (Å²) in [6, 6.07) is 7.35. The van der Waals surface area contributed by atoms with Gasteiger partial charge in [0.15, 0.2) is 0 Å². The summed E-state index contributed by atoms with van der Waals surface area (Å²) in [7, 11) is 1.73. The molecule has 1 unspecified atom stereocenters. The number of rotatable bonds is 6. The average molecular weight is 326 g/mol. The van der Waals surface area contributed by atoms with Gasteiger partial charge in [0, 0.05) is 11.0 Å². The average Bonchev–Trinajstić information content (AvgIpc) is 2.27. The van der Waals surface area contributed by atoms with Crippen molar-refractivity contribution in [2.75, 3.05) is 20.2 Å². The standard InChI is InChI=1S/C12H15BrF3NO/c1-17-8-11(18-7-6-12(14,15)16)9-4-2-3-5-10(9)13/h2-5,11,17H,6-8H2,1H3. The fourth-order valence-corrected chi connectivity index (χ4v) is 2.04. The molecule has 0 fully saturated rings. The first-order valence-electron chi connectivity index (χ1n) is 5.51. The summed E-state index contributed by atoms with van der Waals surface area (Å²) in [5.41, 5.74) is 0.842. The Morgan fingerprint density at radius 3 is 2.56 bits per heavy atom. The lowest BCUT2D eigenvalue weighted by molar-refractivity contribution is -0.149. The van der Waals surface area contributed by atoms with Crippen molar-refractivity contribution in [3.05, 3.63) is 34.3 Å². The van der Waals surface area contributed by atoms with Gasteiger partial charge >= 0.3 is 6.18 Å². The van der Waals surface area contributed by atoms with Gasteiger partial charge in [0.1, 0.15) is 0 Å². The van der Waals surface area contributed by atoms with Gasteiger partial charge in [-0.3, -0.25) is 0 Å². The van der Waals surface area contributed by atoms with Crippen LogP contribution in [0.3, 0.4) is 0 Å². The van der Waals surface area contributed by atoms with Crippen LogP contribution >= 0.6 is 15.9 Å². The molecule has 0 amide bonds. The van der Waals surface area contributed by atoms with E-state index in [1.54, 1.807) is 7.05 Å². The Labute approximate surface area is 113 Å². The number of nitrogens with one attached hydrogen (secondary N) is 1. The molecule has 0 aliphatic heterocycles. The van der Waals surface area contributed by atoms with E-state index in [0.29, 0.717) is 6.54 Å². The van der Waals surface area contributed by atoms with Crippen molar-refractivity contribution in [2.24, 2.45) is 0 Å². The SMILES string of the molecule is CNCC(OCCC(F)(F)F)c1ccccc1Br. The molecule has 0 aromatic heterocycles. The number of hydrogen-bond donors (Lipinski definition) is 1. The van der Waals surface area contributed by atoms with Crippen LogP contribution in [0.25, 0.3) is 0 Å². The number of likely N-dealkylation sites (N-methyl/N-ethyl adjacent to an activating group) is 1. The number of hydrogen-bond acceptors (Lipinski definition) is 2. The van der Waals surface area contributed by atoms with Crippen LogP contribution in [0, 0.1) is 0 Å². The summed E-state index contributed by atoms with van der Waals surface area (Å²) in [6.45, 7) is 0.123. The van der Waals surface area contributed by atoms with Crippen LogP contribution in [-0.2, 0) is 4.74 Å². The molecule has 18 heavy (non-hydrogen) atoms. The van der Waals surface area contributed by atoms with Gasteiger partial charge in [-0.2, -0.15) is 13.2 Å². The largest absolute Gasteiger partial charge is 0.391 e. The van der Waals surface area contributed by atoms with Crippen molar-refractivity contribution in [2.45, 2.75) is 18.7 Å². The molecule has 1 N–H and O–H groups in total. The van der Waals surface area contributed by atoms with Crippen molar-refractivity contribution in [3.63, 3.8) is 0 Å². The molecule has 0 aliphatic rings. The third-order valence-corrected chi connectivity index (χ3v) is 3.07. The zero-order valence-electron chi connectivity index (χ0n) is 9.93. The van der Waals surface area contributed by atoms with E-state index in [4.69, 9.17) is 4.74 Å². The summed E-state index contributed by atoms with van der Waals surface area (Å²) < 4.78 is 42.3. The molecular weight excluding hydrogens is 311 g/mol. The van der Waals surface area contributed by atoms with Gasteiger partial charge in [0.05, 0.1) is 19.1 Å². The number of benzene rings is 1. The second kappa shape index (κ2) is 7.11. The van der Waals surface area contributed by atoms with Crippen molar-refractivity contribution >= 4 is 15.9 Å². The molecule has 1 aromatic rings. The van der Waals surface area contributed by atoms with E-state index in [1.165, 1.54) is 0 Å². The molecule has 0 heterocycles. The van der Waals surface area contributed by atoms with E-state index in [-0.39, 0.29) is 6.61 Å². The smallest absolute Gasteiger partial charge is 0.372 e. The Kier molecular flexibility index (Phi) is 6.11. The lowest BCUT2D eigenvalue weighted by Crippen LogP contribution is -2.22. The van der Waals surface area contributed by atoms with Crippen LogP contribution in [0.2, 0.25) is 0 Å². The molecule has 6 heteroatoms. The number of ether oxygens (including phenoxy) is 1. The predicted octanol–water partition coefficient (Wildman–Crippen LogP) is 3.68. The third-order valence-electron chi connectivity index (χ3n) is 2.35. The summed E-state index contributed by atoms with van der Waals surface area (Å²) in [5.74, 6) is 0. The minimum atomic E-state index is -4.18. The number of alkyl halides is 3. The Morgan fingerprint density at radius 2 is 2.00 bits per heavy atom. The maximum Gasteiger partial charge on any atom is 0.391 e. The molecular formula is C12H15BrF3NO. The molecule has 0 saturated heterocycles. The quantitative estimate of drug-likeness (QED) is 0.861. The maximum atomic E-state index is 12.1. The molecule has 1 aromatic carbocycles. The fraction of sp³-hybridized carbons (Fsp3) is 0.500. The predicted molar refractivity (Wildman–Crippen MR) is 67.4 cm³/mol. The van der Waals surface area contributed by atoms with Crippen LogP contribution in [0.4, 0.5) is 13.2 Å². The van der Waals surface area contributed by atoms with Gasteiger partial charge in [0.2, 0.25) is 0 Å². The van der Waals surface area contributed by atoms with Gasteiger partial charge < -0.3 is 10.1 Å². The van der Waals surface area contributed by atoms with E-state index >= 15 is 0 Å². The molecule has 0 aliphatic carbocycles. The Bertz CT molecular complexity index is 371. The summed E-state index contributed by atoms with van der Waals surface area (Å²) in [4.78, 5) is 0. The van der Waals surface area contributed by atoms with E-state index < -0.39 is 18.7 Å². The van der Waals surface area contributed by atoms with Crippen molar-refractivity contribution in [1.29, 1.82) is 0 Å². The molecule has 0 spiro atoms. The summed E-state index contributed by atoms with van der Waals surface area (Å²) in [6.07, 6.45) is -5.51. The highest BCUT2D eigenvalue weighted by atomic mass is 79.9. The van der Waals surface area contributed by atoms with Gasteiger partial charge in [-0.25, -0.2) is 0 Å². The zero-order valence-corrected chi connectivity index (χ0v) is 11.5. The Morgan fingerprint density at radius 1 is 1.33 bits per heavy atom. The molecule has 2 nitrogen and oxygen atoms in total. The summed E-state index contributed by atoms with van der Waals surface area (Å²) in [5, 5.41) is 2.91. The normalized spacial score (nSPS) is 13.6. The molecule has 1 rings (SSSR count). The van der Waals surface area contributed by atoms with Crippen LogP contribution < -0.4 is 5.32 Å². The number of halogens is 4. The summed E-state index contributed by atoms with van der Waals surface area (Å²) >= 11 is 3.37. The molecule has 0 radical (unpaired) electrons. The van der Waals surface area contributed by atoms with E-state index in [9.17, 15) is 13.2 Å². The monoisotopic (exact) mass is 325 g/mol. The molecule has 0 saturated carbocycles. The first kappa shape index (κ1) is 15.5. The highest BCUT2D eigenvalue weighted by Crippen LogP contribution is 2.27. The topological polar surface area (TPSA) is 21.3 Å². The van der Waals surface area contributed by atoms with E-state index in [2.05, 4.69) is 21.2 Å². The first-order chi connectivity index (χ1) is 8.44. The molecule has 102 valence electrons. The van der Waals surface area contributed by atoms with Crippen LogP contribution in [-0.4, -0.2) is 26.4 Å². The van der Waals surface area contributed by atoms with Gasteiger partial charge in [-0.05, 0) is 18.7 Å². The van der Waals surface area contributed by atoms with E-state index in [1.807, 2.05) is 24.3 Å². The second-order valence-corrected chi connectivity index (χ2v) is 4.66. The Hall–Kier alpha value is -0.590. The third kappa shape index (κ3) is 5.37. The first-order valence-corrected chi connectivity index (χ1v) is 6.30. The van der Waals surface area contributed by atoms with Crippen molar-refractivity contribution in [3.8, 4) is 0 Å². The highest BCUT2D eigenvalue weighted by Gasteiger charge is 2.27. The van der Waals surface area contributed by atoms with Crippen LogP contribution in [0.1, 0.15) is 18.1 Å². The zero-order chi connectivity index (χ0) is 13.6. The lowest BCUT2D eigenvalue weighted by Gasteiger charge is -2.19. The minimum absolute atomic E-state index is 0.336. The van der Waals surface area contributed by atoms with Crippen LogP contribution in [0.5, 0.6) is 0 Å². The minimum Gasteiger partial charge on any atom is -0.372 e. The van der Waals surface area contributed by atoms with Gasteiger partial charge in [-0.1, -0.05) is 34.1 Å². The Balaban J connectivity index is 2.63. The van der Waals surface area contributed by atoms with Crippen LogP contribution in [0.15, 0.2) is 28.7 Å². The molecule has 1 atom stereocenters.